The van der Waals surface area contributed by atoms with Gasteiger partial charge in [0, 0.05) is 30.0 Å². The van der Waals surface area contributed by atoms with Crippen LogP contribution in [0.15, 0.2) is 66.2 Å². The van der Waals surface area contributed by atoms with Gasteiger partial charge in [0.25, 0.3) is 11.7 Å². The molecule has 0 saturated carbocycles. The fourth-order valence-corrected chi connectivity index (χ4v) is 5.00. The van der Waals surface area contributed by atoms with Gasteiger partial charge in [-0.1, -0.05) is 35.9 Å². The molecule has 7 heteroatoms. The van der Waals surface area contributed by atoms with E-state index in [9.17, 15) is 14.7 Å². The summed E-state index contributed by atoms with van der Waals surface area (Å²) in [7, 11) is 1.50. The first-order valence-electron chi connectivity index (χ1n) is 12.3. The molecular formula is C30H31ClN2O4. The molecule has 1 aliphatic heterocycles. The zero-order valence-electron chi connectivity index (χ0n) is 21.7. The van der Waals surface area contributed by atoms with Crippen molar-refractivity contribution < 1.29 is 19.4 Å². The molecule has 4 rings (SSSR count). The molecule has 0 bridgehead atoms. The number of methoxy groups -OCH3 is 1. The number of rotatable bonds is 7. The Labute approximate surface area is 222 Å². The Bertz CT molecular complexity index is 1380. The largest absolute Gasteiger partial charge is 0.507 e. The number of benzene rings is 3. The van der Waals surface area contributed by atoms with Crippen molar-refractivity contribution in [2.45, 2.75) is 33.7 Å². The maximum atomic E-state index is 13.5. The van der Waals surface area contributed by atoms with Gasteiger partial charge in [0.05, 0.1) is 23.7 Å². The fourth-order valence-electron chi connectivity index (χ4n) is 4.79. The summed E-state index contributed by atoms with van der Waals surface area (Å²) >= 11 is 6.43. The van der Waals surface area contributed by atoms with Crippen LogP contribution in [0.1, 0.15) is 42.1 Å². The number of carbonyl (C=O) groups excluding carboxylic acids is 2. The minimum atomic E-state index is -0.839. The molecule has 1 unspecified atom stereocenters. The highest BCUT2D eigenvalue weighted by Crippen LogP contribution is 2.44. The number of halogens is 1. The lowest BCUT2D eigenvalue weighted by Gasteiger charge is -2.28. The zero-order valence-corrected chi connectivity index (χ0v) is 22.5. The number of hydrogen-bond acceptors (Lipinski definition) is 5. The summed E-state index contributed by atoms with van der Waals surface area (Å²) in [5.74, 6) is -1.34. The van der Waals surface area contributed by atoms with Crippen molar-refractivity contribution in [3.05, 3.63) is 93.5 Å². The van der Waals surface area contributed by atoms with E-state index in [0.29, 0.717) is 17.0 Å². The van der Waals surface area contributed by atoms with Crippen molar-refractivity contribution in [2.24, 2.45) is 0 Å². The Morgan fingerprint density at radius 3 is 2.30 bits per heavy atom. The molecule has 3 aromatic rings. The molecule has 37 heavy (non-hydrogen) atoms. The van der Waals surface area contributed by atoms with Crippen LogP contribution in [0.25, 0.3) is 5.76 Å². The number of amides is 1. The van der Waals surface area contributed by atoms with Gasteiger partial charge in [0.1, 0.15) is 11.5 Å². The topological polar surface area (TPSA) is 70.1 Å². The summed E-state index contributed by atoms with van der Waals surface area (Å²) in [5, 5.41) is 11.7. The lowest BCUT2D eigenvalue weighted by Crippen LogP contribution is -2.30. The predicted octanol–water partition coefficient (Wildman–Crippen LogP) is 6.44. The predicted molar refractivity (Wildman–Crippen MR) is 149 cm³/mol. The first-order valence-corrected chi connectivity index (χ1v) is 12.7. The molecule has 1 heterocycles. The van der Waals surface area contributed by atoms with E-state index in [1.54, 1.807) is 18.2 Å². The fraction of sp³-hybridized carbons (Fsp3) is 0.267. The highest BCUT2D eigenvalue weighted by atomic mass is 35.5. The molecule has 0 aromatic heterocycles. The third kappa shape index (κ3) is 4.81. The molecule has 0 aliphatic carbocycles. The third-order valence-corrected chi connectivity index (χ3v) is 7.16. The maximum absolute atomic E-state index is 13.5. The second-order valence-electron chi connectivity index (χ2n) is 9.07. The molecule has 0 radical (unpaired) electrons. The van der Waals surface area contributed by atoms with Crippen molar-refractivity contribution in [1.29, 1.82) is 0 Å². The van der Waals surface area contributed by atoms with Crippen LogP contribution in [-0.2, 0) is 9.59 Å². The molecule has 3 aromatic carbocycles. The number of anilines is 2. The molecule has 1 N–H and O–H groups in total. The van der Waals surface area contributed by atoms with Crippen LogP contribution in [0.3, 0.4) is 0 Å². The normalized spacial score (nSPS) is 16.8. The number of carbonyl (C=O) groups is 2. The molecule has 1 saturated heterocycles. The molecule has 1 atom stereocenters. The van der Waals surface area contributed by atoms with E-state index in [1.807, 2.05) is 56.3 Å². The summed E-state index contributed by atoms with van der Waals surface area (Å²) in [4.78, 5) is 30.8. The van der Waals surface area contributed by atoms with Gasteiger partial charge >= 0.3 is 0 Å². The van der Waals surface area contributed by atoms with Crippen molar-refractivity contribution >= 4 is 40.4 Å². The highest BCUT2D eigenvalue weighted by Gasteiger charge is 2.47. The Morgan fingerprint density at radius 2 is 1.68 bits per heavy atom. The molecule has 0 spiro atoms. The van der Waals surface area contributed by atoms with Gasteiger partial charge in [-0.3, -0.25) is 14.5 Å². The maximum Gasteiger partial charge on any atom is 0.300 e. The van der Waals surface area contributed by atoms with Crippen molar-refractivity contribution in [3.63, 3.8) is 0 Å². The second-order valence-corrected chi connectivity index (χ2v) is 9.48. The minimum Gasteiger partial charge on any atom is -0.507 e. The first-order chi connectivity index (χ1) is 17.7. The molecule has 1 fully saturated rings. The van der Waals surface area contributed by atoms with Crippen molar-refractivity contribution in [3.8, 4) is 5.75 Å². The van der Waals surface area contributed by atoms with Gasteiger partial charge in [-0.2, -0.15) is 0 Å². The lowest BCUT2D eigenvalue weighted by atomic mass is 9.94. The Morgan fingerprint density at radius 1 is 1.00 bits per heavy atom. The number of aryl methyl sites for hydroxylation is 2. The van der Waals surface area contributed by atoms with Crippen LogP contribution in [0.5, 0.6) is 5.75 Å². The van der Waals surface area contributed by atoms with Crippen molar-refractivity contribution in [2.75, 3.05) is 30.0 Å². The van der Waals surface area contributed by atoms with Gasteiger partial charge in [-0.05, 0) is 80.8 Å². The molecule has 1 amide bonds. The quantitative estimate of drug-likeness (QED) is 0.221. The third-order valence-electron chi connectivity index (χ3n) is 6.83. The van der Waals surface area contributed by atoms with E-state index in [4.69, 9.17) is 16.3 Å². The summed E-state index contributed by atoms with van der Waals surface area (Å²) in [6, 6.07) is 17.5. The zero-order chi connectivity index (χ0) is 26.9. The lowest BCUT2D eigenvalue weighted by molar-refractivity contribution is -0.132. The number of hydrogen-bond donors (Lipinski definition) is 1. The number of aliphatic hydroxyl groups excluding tert-OH is 1. The van der Waals surface area contributed by atoms with E-state index in [2.05, 4.69) is 18.7 Å². The van der Waals surface area contributed by atoms with Crippen LogP contribution in [0.4, 0.5) is 11.4 Å². The van der Waals surface area contributed by atoms with Gasteiger partial charge in [0.2, 0.25) is 0 Å². The summed E-state index contributed by atoms with van der Waals surface area (Å²) in [6.07, 6.45) is 0. The molecular weight excluding hydrogens is 488 g/mol. The van der Waals surface area contributed by atoms with Crippen LogP contribution in [-0.4, -0.2) is 37.0 Å². The van der Waals surface area contributed by atoms with Gasteiger partial charge in [-0.15, -0.1) is 0 Å². The number of aliphatic hydroxyl groups is 1. The average Bonchev–Trinajstić information content (AvgIpc) is 3.16. The first kappa shape index (κ1) is 26.3. The van der Waals surface area contributed by atoms with Gasteiger partial charge < -0.3 is 14.7 Å². The number of ketones is 1. The minimum absolute atomic E-state index is 0.0170. The number of nitrogens with zero attached hydrogens (tertiary/aromatic N) is 2. The van der Waals surface area contributed by atoms with Crippen LogP contribution in [0, 0.1) is 13.8 Å². The van der Waals surface area contributed by atoms with E-state index < -0.39 is 17.7 Å². The van der Waals surface area contributed by atoms with Crippen LogP contribution >= 0.6 is 11.6 Å². The Balaban J connectivity index is 1.96. The molecule has 6 nitrogen and oxygen atoms in total. The van der Waals surface area contributed by atoms with Crippen LogP contribution < -0.4 is 14.5 Å². The van der Waals surface area contributed by atoms with Gasteiger partial charge in [0.15, 0.2) is 0 Å². The standard InChI is InChI=1S/C30H31ClN2O4/c1-6-32(7-2)21-12-10-20(11-13-21)27-26(28(34)23-17-22(37-5)14-15-24(23)31)29(35)30(36)33(27)25-16-18(3)8-9-19(25)4/h8-17,27,34H,6-7H2,1-5H3/b28-26+. The second kappa shape index (κ2) is 10.7. The Kier molecular flexibility index (Phi) is 7.60. The Hall–Kier alpha value is -3.77. The average molecular weight is 519 g/mol. The van der Waals surface area contributed by atoms with Crippen LogP contribution in [0.2, 0.25) is 5.02 Å². The van der Waals surface area contributed by atoms with E-state index >= 15 is 0 Å². The molecule has 1 aliphatic rings. The van der Waals surface area contributed by atoms with E-state index in [0.717, 1.165) is 29.9 Å². The molecule has 192 valence electrons. The van der Waals surface area contributed by atoms with Crippen molar-refractivity contribution in [1.82, 2.24) is 0 Å². The summed E-state index contributed by atoms with van der Waals surface area (Å²) < 4.78 is 5.30. The number of Topliss-reactive ketones (excluding diaryl/α,β-unsaturated/α-hetero) is 1. The summed E-state index contributed by atoms with van der Waals surface area (Å²) in [5.41, 5.74) is 4.37. The number of ether oxygens (including phenoxy) is 1. The van der Waals surface area contributed by atoms with Gasteiger partial charge in [-0.25, -0.2) is 0 Å². The highest BCUT2D eigenvalue weighted by molar-refractivity contribution is 6.52. The van der Waals surface area contributed by atoms with E-state index in [-0.39, 0.29) is 21.9 Å². The van der Waals surface area contributed by atoms with E-state index in [1.165, 1.54) is 12.0 Å². The summed E-state index contributed by atoms with van der Waals surface area (Å²) in [6.45, 7) is 9.71. The smallest absolute Gasteiger partial charge is 0.300 e. The monoisotopic (exact) mass is 518 g/mol. The SMILES string of the molecule is CCN(CC)c1ccc(C2/C(=C(\O)c3cc(OC)ccc3Cl)C(=O)C(=O)N2c2cc(C)ccc2C)cc1.